The van der Waals surface area contributed by atoms with Crippen molar-refractivity contribution in [3.63, 3.8) is 0 Å². The summed E-state index contributed by atoms with van der Waals surface area (Å²) in [6, 6.07) is 9.92. The van der Waals surface area contributed by atoms with Crippen LogP contribution in [0.2, 0.25) is 0 Å². The van der Waals surface area contributed by atoms with E-state index in [1.165, 1.54) is 75.8 Å². The summed E-state index contributed by atoms with van der Waals surface area (Å²) in [5.41, 5.74) is 2.82. The second kappa shape index (κ2) is 11.0. The van der Waals surface area contributed by atoms with Crippen LogP contribution >= 0.6 is 0 Å². The van der Waals surface area contributed by atoms with Gasteiger partial charge < -0.3 is 10.2 Å². The topological polar surface area (TPSA) is 81.1 Å². The molecule has 6 heteroatoms. The molecule has 1 aliphatic heterocycles. The van der Waals surface area contributed by atoms with Crippen LogP contribution in [0.5, 0.6) is 0 Å². The molecule has 2 fully saturated rings. The molecule has 1 heterocycles. The van der Waals surface area contributed by atoms with Gasteiger partial charge in [-0.1, -0.05) is 55.5 Å². The molecule has 1 aromatic rings. The molecule has 0 atom stereocenters. The van der Waals surface area contributed by atoms with Gasteiger partial charge in [0, 0.05) is 38.8 Å². The van der Waals surface area contributed by atoms with Gasteiger partial charge in [0.15, 0.2) is 0 Å². The summed E-state index contributed by atoms with van der Waals surface area (Å²) in [6.45, 7) is 8.32. The Morgan fingerprint density at radius 3 is 1.89 bits per heavy atom. The fourth-order valence-corrected chi connectivity index (χ4v) is 3.86. The molecular weight excluding hydrogens is 344 g/mol. The molecule has 0 aromatic heterocycles. The number of aliphatic carboxylic acids is 2. The normalized spacial score (nSPS) is 19.6. The van der Waals surface area contributed by atoms with Crippen LogP contribution in [0.4, 0.5) is 0 Å². The first-order chi connectivity index (χ1) is 13.0. The van der Waals surface area contributed by atoms with Crippen LogP contribution in [0, 0.1) is 6.92 Å². The molecule has 0 amide bonds. The van der Waals surface area contributed by atoms with Crippen molar-refractivity contribution < 1.29 is 19.8 Å². The van der Waals surface area contributed by atoms with E-state index in [9.17, 15) is 0 Å². The van der Waals surface area contributed by atoms with Gasteiger partial charge in [0.1, 0.15) is 0 Å². The number of hydrogen-bond acceptors (Lipinski definition) is 4. The molecule has 1 saturated carbocycles. The van der Waals surface area contributed by atoms with Crippen LogP contribution in [-0.4, -0.2) is 64.2 Å². The molecule has 6 nitrogen and oxygen atoms in total. The van der Waals surface area contributed by atoms with Crippen LogP contribution in [-0.2, 0) is 16.1 Å². The number of rotatable bonds is 3. The molecule has 1 aromatic carbocycles. The number of piperazine rings is 1. The first-order valence-corrected chi connectivity index (χ1v) is 9.94. The standard InChI is InChI=1S/C19H30N2.C2H2O4/c1-17-8-10-18(11-9-17)16-20-12-14-21(15-13-20)19-6-4-2-3-5-7-19;3-1(4)2(5)6/h8-11,19H,2-7,12-16H2,1H3;(H,3,4)(H,5,6). The second-order valence-corrected chi connectivity index (χ2v) is 7.55. The number of hydrogen-bond donors (Lipinski definition) is 2. The minimum Gasteiger partial charge on any atom is -0.473 e. The smallest absolute Gasteiger partial charge is 0.414 e. The SMILES string of the molecule is Cc1ccc(CN2CCN(C3CCCCCC3)CC2)cc1.O=C(O)C(=O)O. The van der Waals surface area contributed by atoms with Gasteiger partial charge in [-0.15, -0.1) is 0 Å². The second-order valence-electron chi connectivity index (χ2n) is 7.55. The molecule has 0 radical (unpaired) electrons. The van der Waals surface area contributed by atoms with Crippen molar-refractivity contribution in [2.75, 3.05) is 26.2 Å². The van der Waals surface area contributed by atoms with E-state index in [-0.39, 0.29) is 0 Å². The van der Waals surface area contributed by atoms with Gasteiger partial charge in [-0.25, -0.2) is 9.59 Å². The lowest BCUT2D eigenvalue weighted by molar-refractivity contribution is -0.159. The largest absolute Gasteiger partial charge is 0.473 e. The maximum atomic E-state index is 9.10. The summed E-state index contributed by atoms with van der Waals surface area (Å²) in [5, 5.41) is 14.8. The Morgan fingerprint density at radius 2 is 1.41 bits per heavy atom. The predicted molar refractivity (Wildman–Crippen MR) is 105 cm³/mol. The molecule has 150 valence electrons. The highest BCUT2D eigenvalue weighted by Crippen LogP contribution is 2.23. The van der Waals surface area contributed by atoms with Gasteiger partial charge in [-0.3, -0.25) is 9.80 Å². The van der Waals surface area contributed by atoms with Crippen molar-refractivity contribution in [1.29, 1.82) is 0 Å². The number of benzene rings is 1. The number of carboxylic acids is 2. The highest BCUT2D eigenvalue weighted by Gasteiger charge is 2.24. The fourth-order valence-electron chi connectivity index (χ4n) is 3.86. The zero-order valence-electron chi connectivity index (χ0n) is 16.3. The lowest BCUT2D eigenvalue weighted by atomic mass is 10.1. The van der Waals surface area contributed by atoms with Crippen molar-refractivity contribution >= 4 is 11.9 Å². The molecule has 2 aliphatic rings. The molecule has 27 heavy (non-hydrogen) atoms. The molecule has 2 N–H and O–H groups in total. The fraction of sp³-hybridized carbons (Fsp3) is 0.619. The van der Waals surface area contributed by atoms with Crippen molar-refractivity contribution in [2.45, 2.75) is 58.0 Å². The first-order valence-electron chi connectivity index (χ1n) is 9.94. The van der Waals surface area contributed by atoms with E-state index in [0.717, 1.165) is 12.6 Å². The molecule has 0 bridgehead atoms. The van der Waals surface area contributed by atoms with Gasteiger partial charge in [-0.05, 0) is 25.3 Å². The van der Waals surface area contributed by atoms with Crippen molar-refractivity contribution in [3.05, 3.63) is 35.4 Å². The average molecular weight is 376 g/mol. The highest BCUT2D eigenvalue weighted by atomic mass is 16.4. The van der Waals surface area contributed by atoms with Gasteiger partial charge >= 0.3 is 11.9 Å². The third-order valence-electron chi connectivity index (χ3n) is 5.46. The zero-order chi connectivity index (χ0) is 19.6. The van der Waals surface area contributed by atoms with E-state index in [1.807, 2.05) is 0 Å². The quantitative estimate of drug-likeness (QED) is 0.623. The highest BCUT2D eigenvalue weighted by molar-refractivity contribution is 6.27. The van der Waals surface area contributed by atoms with Crippen LogP contribution < -0.4 is 0 Å². The minimum absolute atomic E-state index is 0.883. The first kappa shape index (κ1) is 21.4. The summed E-state index contributed by atoms with van der Waals surface area (Å²) >= 11 is 0. The Labute approximate surface area is 161 Å². The zero-order valence-corrected chi connectivity index (χ0v) is 16.3. The number of aryl methyl sites for hydroxylation is 1. The van der Waals surface area contributed by atoms with E-state index in [4.69, 9.17) is 19.8 Å². The van der Waals surface area contributed by atoms with E-state index in [0.29, 0.717) is 0 Å². The van der Waals surface area contributed by atoms with Gasteiger partial charge in [0.25, 0.3) is 0 Å². The molecule has 3 rings (SSSR count). The summed E-state index contributed by atoms with van der Waals surface area (Å²) in [4.78, 5) is 23.6. The molecule has 0 spiro atoms. The summed E-state index contributed by atoms with van der Waals surface area (Å²) in [5.74, 6) is -3.65. The molecule has 0 unspecified atom stereocenters. The third kappa shape index (κ3) is 7.69. The summed E-state index contributed by atoms with van der Waals surface area (Å²) in [7, 11) is 0. The lowest BCUT2D eigenvalue weighted by Gasteiger charge is -2.39. The lowest BCUT2D eigenvalue weighted by Crippen LogP contribution is -2.49. The third-order valence-corrected chi connectivity index (χ3v) is 5.46. The van der Waals surface area contributed by atoms with Crippen molar-refractivity contribution in [2.24, 2.45) is 0 Å². The number of carbonyl (C=O) groups is 2. The van der Waals surface area contributed by atoms with Crippen LogP contribution in [0.25, 0.3) is 0 Å². The maximum Gasteiger partial charge on any atom is 0.414 e. The Bertz CT molecular complexity index is 575. The molecule has 1 aliphatic carbocycles. The minimum atomic E-state index is -1.82. The Morgan fingerprint density at radius 1 is 0.889 bits per heavy atom. The number of nitrogens with zero attached hydrogens (tertiary/aromatic N) is 2. The van der Waals surface area contributed by atoms with Gasteiger partial charge in [0.2, 0.25) is 0 Å². The average Bonchev–Trinajstić information content (AvgIpc) is 2.94. The predicted octanol–water partition coefficient (Wildman–Crippen LogP) is 2.99. The molecular formula is C21H32N2O4. The summed E-state index contributed by atoms with van der Waals surface area (Å²) in [6.07, 6.45) is 8.71. The monoisotopic (exact) mass is 376 g/mol. The van der Waals surface area contributed by atoms with E-state index in [2.05, 4.69) is 41.0 Å². The van der Waals surface area contributed by atoms with E-state index < -0.39 is 11.9 Å². The van der Waals surface area contributed by atoms with E-state index >= 15 is 0 Å². The van der Waals surface area contributed by atoms with Crippen molar-refractivity contribution in [3.8, 4) is 0 Å². The maximum absolute atomic E-state index is 9.10. The van der Waals surface area contributed by atoms with Crippen LogP contribution in [0.1, 0.15) is 49.7 Å². The Balaban J connectivity index is 0.000000380. The van der Waals surface area contributed by atoms with E-state index in [1.54, 1.807) is 0 Å². The van der Waals surface area contributed by atoms with Gasteiger partial charge in [0.05, 0.1) is 0 Å². The van der Waals surface area contributed by atoms with Gasteiger partial charge in [-0.2, -0.15) is 0 Å². The summed E-state index contributed by atoms with van der Waals surface area (Å²) < 4.78 is 0. The molecule has 1 saturated heterocycles. The Hall–Kier alpha value is -1.92. The Kier molecular flexibility index (Phi) is 8.75. The van der Waals surface area contributed by atoms with Crippen LogP contribution in [0.3, 0.4) is 0 Å². The van der Waals surface area contributed by atoms with Crippen molar-refractivity contribution in [1.82, 2.24) is 9.80 Å². The number of carboxylic acid groups (broad SMARTS) is 2. The van der Waals surface area contributed by atoms with Crippen LogP contribution in [0.15, 0.2) is 24.3 Å².